The number of rotatable bonds is 72. The van der Waals surface area contributed by atoms with Crippen LogP contribution in [0.2, 0.25) is 0 Å². The zero-order chi connectivity index (χ0) is 67.6. The molecule has 0 aliphatic carbocycles. The maximum Gasteiger partial charge on any atom is 0.306 e. The average Bonchev–Trinajstić information content (AvgIpc) is 2.30. The number of carbonyl (C=O) groups is 2. The predicted octanol–water partition coefficient (Wildman–Crippen LogP) is 25.4. The van der Waals surface area contributed by atoms with Crippen molar-refractivity contribution >= 4 is 19.8 Å². The summed E-state index contributed by atoms with van der Waals surface area (Å²) in [6, 6.07) is 0. The fraction of sp³-hybridized carbons (Fsp3) is 0.759. The molecule has 0 aliphatic heterocycles. The first-order chi connectivity index (χ1) is 45.5. The van der Waals surface area contributed by atoms with E-state index in [2.05, 4.69) is 123 Å². The van der Waals surface area contributed by atoms with E-state index >= 15 is 0 Å². The fourth-order valence-corrected chi connectivity index (χ4v) is 11.9. The van der Waals surface area contributed by atoms with Gasteiger partial charge in [0.25, 0.3) is 7.82 Å². The van der Waals surface area contributed by atoms with Crippen LogP contribution in [0.3, 0.4) is 0 Å². The van der Waals surface area contributed by atoms with Crippen molar-refractivity contribution in [2.45, 2.75) is 360 Å². The summed E-state index contributed by atoms with van der Waals surface area (Å²) in [5.74, 6) is -0.822. The van der Waals surface area contributed by atoms with Gasteiger partial charge in [-0.2, -0.15) is 0 Å². The molecule has 0 bridgehead atoms. The van der Waals surface area contributed by atoms with E-state index in [0.29, 0.717) is 17.4 Å². The number of esters is 2. The lowest BCUT2D eigenvalue weighted by molar-refractivity contribution is -0.870. The molecule has 0 amide bonds. The summed E-state index contributed by atoms with van der Waals surface area (Å²) in [7, 11) is 1.17. The van der Waals surface area contributed by atoms with Crippen LogP contribution in [0.25, 0.3) is 0 Å². The lowest BCUT2D eigenvalue weighted by atomic mass is 10.0. The number of carbonyl (C=O) groups excluding carboxylic acids is 2. The van der Waals surface area contributed by atoms with Crippen LogP contribution in [0.1, 0.15) is 354 Å². The second kappa shape index (κ2) is 72.9. The van der Waals surface area contributed by atoms with Crippen LogP contribution >= 0.6 is 7.82 Å². The van der Waals surface area contributed by atoms with Crippen LogP contribution < -0.4 is 4.89 Å². The van der Waals surface area contributed by atoms with Gasteiger partial charge in [-0.25, -0.2) is 0 Å². The molecule has 0 spiro atoms. The number of allylic oxidation sites excluding steroid dienone is 18. The highest BCUT2D eigenvalue weighted by molar-refractivity contribution is 7.45. The van der Waals surface area contributed by atoms with Crippen molar-refractivity contribution in [2.75, 3.05) is 47.5 Å². The Kier molecular flexibility index (Phi) is 70.3. The van der Waals surface area contributed by atoms with Crippen molar-refractivity contribution in [2.24, 2.45) is 0 Å². The number of phosphoric acid groups is 1. The van der Waals surface area contributed by atoms with Crippen LogP contribution in [0.4, 0.5) is 0 Å². The number of hydrogen-bond donors (Lipinski definition) is 0. The van der Waals surface area contributed by atoms with Crippen molar-refractivity contribution < 1.29 is 42.1 Å². The van der Waals surface area contributed by atoms with Crippen LogP contribution in [-0.2, 0) is 32.7 Å². The number of nitrogens with zero attached hydrogens (tertiary/aromatic N) is 1. The summed E-state index contributed by atoms with van der Waals surface area (Å²) < 4.78 is 34.4. The first-order valence-electron chi connectivity index (χ1n) is 39.1. The summed E-state index contributed by atoms with van der Waals surface area (Å²) in [6.45, 7) is 4.17. The van der Waals surface area contributed by atoms with E-state index in [1.807, 2.05) is 21.1 Å². The second-order valence-electron chi connectivity index (χ2n) is 27.4. The average molecular weight is 1320 g/mol. The molecule has 538 valence electrons. The van der Waals surface area contributed by atoms with Crippen molar-refractivity contribution in [3.05, 3.63) is 109 Å². The summed E-state index contributed by atoms with van der Waals surface area (Å²) >= 11 is 0. The number of hydrogen-bond acceptors (Lipinski definition) is 8. The van der Waals surface area contributed by atoms with E-state index in [1.54, 1.807) is 0 Å². The molecule has 2 unspecified atom stereocenters. The molecule has 10 heteroatoms. The highest BCUT2D eigenvalue weighted by Crippen LogP contribution is 2.38. The Morgan fingerprint density at radius 2 is 0.613 bits per heavy atom. The third kappa shape index (κ3) is 77.6. The van der Waals surface area contributed by atoms with Gasteiger partial charge in [0.1, 0.15) is 19.8 Å². The zero-order valence-electron chi connectivity index (χ0n) is 61.4. The molecule has 0 rings (SSSR count). The molecular weight excluding hydrogens is 1170 g/mol. The van der Waals surface area contributed by atoms with Crippen LogP contribution in [0.5, 0.6) is 0 Å². The van der Waals surface area contributed by atoms with Crippen molar-refractivity contribution in [1.82, 2.24) is 0 Å². The van der Waals surface area contributed by atoms with Crippen molar-refractivity contribution in [3.8, 4) is 0 Å². The molecular formula is C83H148NO8P. The maximum absolute atomic E-state index is 12.9. The topological polar surface area (TPSA) is 111 Å². The van der Waals surface area contributed by atoms with Crippen LogP contribution in [-0.4, -0.2) is 70.0 Å². The van der Waals surface area contributed by atoms with Gasteiger partial charge < -0.3 is 27.9 Å². The number of ether oxygens (including phenoxy) is 2. The van der Waals surface area contributed by atoms with Gasteiger partial charge in [-0.15, -0.1) is 0 Å². The van der Waals surface area contributed by atoms with Gasteiger partial charge in [0, 0.05) is 12.8 Å². The van der Waals surface area contributed by atoms with E-state index in [9.17, 15) is 19.0 Å². The standard InChI is InChI=1S/C83H148NO8P/c1-6-8-10-12-14-16-18-20-22-24-26-28-30-32-34-36-37-38-39-40-41-42-43-44-45-46-47-48-50-52-54-56-58-60-62-64-66-68-70-72-74-76-83(86)92-81(80-91-93(87,88)90-78-77-84(3,4)5)79-89-82(85)75-73-71-69-67-65-63-61-59-57-55-53-51-49-35-33-31-29-27-25-23-21-19-17-15-13-11-9-7-2/h8,10,14,16,20,22,26,28,32,34,37-38,40-41,43-44,46-47,81H,6-7,9,11-13,15,17-19,21,23-25,27,29-31,33,35-36,39,42,45,48-80H2,1-5H3/b10-8-,16-14-,22-20-,28-26-,34-32-,38-37-,41-40-,44-43-,47-46-. The normalized spacial score (nSPS) is 13.7. The lowest BCUT2D eigenvalue weighted by Crippen LogP contribution is -2.37. The van der Waals surface area contributed by atoms with Gasteiger partial charge in [-0.1, -0.05) is 367 Å². The Bertz CT molecular complexity index is 1940. The van der Waals surface area contributed by atoms with Crippen LogP contribution in [0.15, 0.2) is 109 Å². The predicted molar refractivity (Wildman–Crippen MR) is 402 cm³/mol. The Balaban J connectivity index is 4.00. The number of unbranched alkanes of at least 4 members (excludes halogenated alkanes) is 40. The minimum atomic E-state index is -4.65. The Labute approximate surface area is 576 Å². The van der Waals surface area contributed by atoms with E-state index in [1.165, 1.54) is 225 Å². The van der Waals surface area contributed by atoms with Gasteiger partial charge in [-0.05, 0) is 83.5 Å². The zero-order valence-corrected chi connectivity index (χ0v) is 62.3. The molecule has 0 aliphatic rings. The quantitative estimate of drug-likeness (QED) is 0.0195. The molecule has 2 atom stereocenters. The first kappa shape index (κ1) is 89.7. The molecule has 0 heterocycles. The monoisotopic (exact) mass is 1320 g/mol. The Morgan fingerprint density at radius 3 is 0.914 bits per heavy atom. The fourth-order valence-electron chi connectivity index (χ4n) is 11.1. The number of likely N-dealkylation sites (N-methyl/N-ethyl adjacent to an activating group) is 1. The van der Waals surface area contributed by atoms with Crippen molar-refractivity contribution in [3.63, 3.8) is 0 Å². The summed E-state index contributed by atoms with van der Waals surface area (Å²) in [6.07, 6.45) is 103. The smallest absolute Gasteiger partial charge is 0.306 e. The summed E-state index contributed by atoms with van der Waals surface area (Å²) in [5.41, 5.74) is 0. The molecule has 0 saturated carbocycles. The highest BCUT2D eigenvalue weighted by atomic mass is 31.2. The Hall–Kier alpha value is -3.33. The van der Waals surface area contributed by atoms with Crippen LogP contribution in [0, 0.1) is 0 Å². The number of phosphoric ester groups is 1. The van der Waals surface area contributed by atoms with Gasteiger partial charge in [-0.3, -0.25) is 14.2 Å². The molecule has 0 aromatic carbocycles. The first-order valence-corrected chi connectivity index (χ1v) is 40.6. The van der Waals surface area contributed by atoms with E-state index < -0.39 is 26.5 Å². The number of quaternary nitrogens is 1. The molecule has 9 nitrogen and oxygen atoms in total. The summed E-state index contributed by atoms with van der Waals surface area (Å²) in [4.78, 5) is 38.2. The van der Waals surface area contributed by atoms with E-state index in [-0.39, 0.29) is 32.0 Å². The van der Waals surface area contributed by atoms with Crippen molar-refractivity contribution in [1.29, 1.82) is 0 Å². The third-order valence-electron chi connectivity index (χ3n) is 17.1. The van der Waals surface area contributed by atoms with Gasteiger partial charge in [0.05, 0.1) is 27.7 Å². The highest BCUT2D eigenvalue weighted by Gasteiger charge is 2.22. The third-order valence-corrected chi connectivity index (χ3v) is 18.0. The molecule has 0 fully saturated rings. The maximum atomic E-state index is 12.9. The molecule has 0 saturated heterocycles. The minimum absolute atomic E-state index is 0.0324. The second-order valence-corrected chi connectivity index (χ2v) is 28.8. The van der Waals surface area contributed by atoms with E-state index in [0.717, 1.165) is 96.3 Å². The molecule has 0 aromatic rings. The molecule has 0 N–H and O–H groups in total. The Morgan fingerprint density at radius 1 is 0.344 bits per heavy atom. The van der Waals surface area contributed by atoms with Gasteiger partial charge in [0.2, 0.25) is 0 Å². The lowest BCUT2D eigenvalue weighted by Gasteiger charge is -2.28. The molecule has 93 heavy (non-hydrogen) atoms. The van der Waals surface area contributed by atoms with Gasteiger partial charge >= 0.3 is 11.9 Å². The molecule has 0 radical (unpaired) electrons. The van der Waals surface area contributed by atoms with Gasteiger partial charge in [0.15, 0.2) is 6.10 Å². The summed E-state index contributed by atoms with van der Waals surface area (Å²) in [5, 5.41) is 0. The largest absolute Gasteiger partial charge is 0.756 e. The molecule has 0 aromatic heterocycles. The minimum Gasteiger partial charge on any atom is -0.756 e. The van der Waals surface area contributed by atoms with E-state index in [4.69, 9.17) is 18.5 Å². The SMILES string of the molecule is CC/C=C\C/C=C\C/C=C\C/C=C\C/C=C\C/C=C\C/C=C\C/C=C\C/C=C\CCCCCCCCCCCCCCCC(=O)OC(COC(=O)CCCCCCCCCCCCCCCCCCCCCCCCCCCCCC)COP(=O)([O-])OCC[N+](C)(C)C.